The second-order valence-electron chi connectivity index (χ2n) is 4.91. The highest BCUT2D eigenvalue weighted by atomic mass is 16.7. The van der Waals surface area contributed by atoms with Crippen molar-refractivity contribution in [1.29, 1.82) is 0 Å². The van der Waals surface area contributed by atoms with Crippen molar-refractivity contribution in [3.05, 3.63) is 11.1 Å². The van der Waals surface area contributed by atoms with Crippen LogP contribution < -0.4 is 0 Å². The van der Waals surface area contributed by atoms with E-state index >= 15 is 0 Å². The van der Waals surface area contributed by atoms with Crippen molar-refractivity contribution in [3.63, 3.8) is 0 Å². The van der Waals surface area contributed by atoms with Gasteiger partial charge in [-0.1, -0.05) is 0 Å². The molecule has 32 heavy (non-hydrogen) atoms. The maximum atomic E-state index is 10.9. The summed E-state index contributed by atoms with van der Waals surface area (Å²) in [5.74, 6) is -2.83. The minimum atomic E-state index is -1.41. The number of aliphatic imine (C=N–C) groups is 4. The van der Waals surface area contributed by atoms with Crippen LogP contribution in [0.25, 0.3) is 0 Å². The van der Waals surface area contributed by atoms with Crippen molar-refractivity contribution in [1.82, 2.24) is 0 Å². The molecular formula is C17H18N4O11. The monoisotopic (exact) mass is 454 g/mol. The topological polar surface area (TPSA) is 228 Å². The van der Waals surface area contributed by atoms with E-state index in [1.165, 1.54) is 24.3 Å². The lowest BCUT2D eigenvalue weighted by atomic mass is 10.0. The molecule has 0 aliphatic rings. The Labute approximate surface area is 179 Å². The van der Waals surface area contributed by atoms with Crippen molar-refractivity contribution in [3.8, 4) is 0 Å². The van der Waals surface area contributed by atoms with Crippen LogP contribution in [0.4, 0.5) is 4.79 Å². The van der Waals surface area contributed by atoms with Crippen molar-refractivity contribution < 1.29 is 53.2 Å². The van der Waals surface area contributed by atoms with E-state index in [0.717, 1.165) is 0 Å². The van der Waals surface area contributed by atoms with E-state index in [2.05, 4.69) is 29.4 Å². The Morgan fingerprint density at radius 3 is 1.19 bits per heavy atom. The maximum absolute atomic E-state index is 10.9. The summed E-state index contributed by atoms with van der Waals surface area (Å²) >= 11 is 0. The number of carbonyl (C=O) groups is 3. The van der Waals surface area contributed by atoms with Crippen molar-refractivity contribution in [2.24, 2.45) is 20.0 Å². The predicted octanol–water partition coefficient (Wildman–Crippen LogP) is -0.285. The van der Waals surface area contributed by atoms with E-state index in [9.17, 15) is 33.6 Å². The highest BCUT2D eigenvalue weighted by molar-refractivity contribution is 5.98. The predicted molar refractivity (Wildman–Crippen MR) is 101 cm³/mol. The average Bonchev–Trinajstić information content (AvgIpc) is 2.76. The normalized spacial score (nSPS) is 9.50. The fourth-order valence-corrected chi connectivity index (χ4v) is 1.68. The Balaban J connectivity index is 0. The number of carbonyl (C=O) groups excluding carboxylic acids is 5. The summed E-state index contributed by atoms with van der Waals surface area (Å²) in [6, 6.07) is 0. The summed E-state index contributed by atoms with van der Waals surface area (Å²) in [4.78, 5) is 83.9. The number of rotatable bonds is 14. The van der Waals surface area contributed by atoms with Gasteiger partial charge in [0.05, 0.1) is 26.2 Å². The van der Waals surface area contributed by atoms with Gasteiger partial charge in [0.1, 0.15) is 13.2 Å². The Kier molecular flexibility index (Phi) is 19.6. The Bertz CT molecular complexity index is 790. The largest absolute Gasteiger partial charge is 0.508 e. The highest BCUT2D eigenvalue weighted by Crippen LogP contribution is 2.14. The first-order valence-electron chi connectivity index (χ1n) is 8.48. The van der Waals surface area contributed by atoms with E-state index in [-0.39, 0.29) is 63.4 Å². The number of ether oxygens (including phenoxy) is 2. The molecule has 0 aliphatic heterocycles. The van der Waals surface area contributed by atoms with Gasteiger partial charge in [0, 0.05) is 24.0 Å². The van der Waals surface area contributed by atoms with Gasteiger partial charge in [-0.05, 0) is 0 Å². The van der Waals surface area contributed by atoms with Crippen LogP contribution in [0, 0.1) is 0 Å². The Morgan fingerprint density at radius 2 is 0.906 bits per heavy atom. The maximum Gasteiger partial charge on any atom is 0.508 e. The van der Waals surface area contributed by atoms with Crippen molar-refractivity contribution in [2.75, 3.05) is 39.4 Å². The summed E-state index contributed by atoms with van der Waals surface area (Å²) in [5.41, 5.74) is -0.745. The van der Waals surface area contributed by atoms with Gasteiger partial charge >= 0.3 is 18.1 Å². The molecule has 0 aromatic rings. The molecule has 0 atom stereocenters. The SMILES string of the molecule is O=C=NCC/C(C(=O)O)=C(/CCN=C=O)C(=O)O.O=C=NCCOC(=O)OCCN=C=O. The highest BCUT2D eigenvalue weighted by Gasteiger charge is 2.19. The van der Waals surface area contributed by atoms with Gasteiger partial charge in [0.25, 0.3) is 0 Å². The van der Waals surface area contributed by atoms with E-state index < -0.39 is 18.1 Å². The van der Waals surface area contributed by atoms with Crippen LogP contribution in [0.1, 0.15) is 12.8 Å². The number of isocyanates is 4. The van der Waals surface area contributed by atoms with Crippen molar-refractivity contribution in [2.45, 2.75) is 12.8 Å². The second kappa shape index (κ2) is 21.2. The fraction of sp³-hybridized carbons (Fsp3) is 0.471. The summed E-state index contributed by atoms with van der Waals surface area (Å²) in [7, 11) is 0. The van der Waals surface area contributed by atoms with Crippen LogP contribution >= 0.6 is 0 Å². The summed E-state index contributed by atoms with van der Waals surface area (Å²) in [6.45, 7) is -0.343. The molecule has 2 N–H and O–H groups in total. The number of hydrogen-bond donors (Lipinski definition) is 2. The molecule has 0 fully saturated rings. The van der Waals surface area contributed by atoms with Gasteiger partial charge in [-0.25, -0.2) is 53.5 Å². The molecule has 172 valence electrons. The lowest BCUT2D eigenvalue weighted by molar-refractivity contribution is -0.136. The molecule has 15 nitrogen and oxygen atoms in total. The van der Waals surface area contributed by atoms with Gasteiger partial charge in [0.15, 0.2) is 0 Å². The zero-order valence-corrected chi connectivity index (χ0v) is 16.5. The number of nitrogens with zero attached hydrogens (tertiary/aromatic N) is 4. The van der Waals surface area contributed by atoms with Gasteiger partial charge < -0.3 is 19.7 Å². The number of hydrogen-bond acceptors (Lipinski definition) is 13. The van der Waals surface area contributed by atoms with Gasteiger partial charge in [-0.3, -0.25) is 0 Å². The van der Waals surface area contributed by atoms with Crippen LogP contribution in [-0.2, 0) is 38.2 Å². The molecule has 0 radical (unpaired) electrons. The lowest BCUT2D eigenvalue weighted by Gasteiger charge is -2.06. The van der Waals surface area contributed by atoms with Crippen LogP contribution in [0.3, 0.4) is 0 Å². The van der Waals surface area contributed by atoms with Gasteiger partial charge in [-0.15, -0.1) is 0 Å². The van der Waals surface area contributed by atoms with E-state index in [1.54, 1.807) is 0 Å². The number of aliphatic carboxylic acids is 2. The third kappa shape index (κ3) is 17.6. The molecule has 0 aromatic carbocycles. The molecule has 0 amide bonds. The quantitative estimate of drug-likeness (QED) is 0.114. The smallest absolute Gasteiger partial charge is 0.478 e. The van der Waals surface area contributed by atoms with Crippen LogP contribution in [0.2, 0.25) is 0 Å². The first kappa shape index (κ1) is 29.7. The molecule has 0 spiro atoms. The zero-order chi connectivity index (χ0) is 24.6. The molecule has 0 unspecified atom stereocenters. The van der Waals surface area contributed by atoms with E-state index in [1.807, 2.05) is 0 Å². The second-order valence-corrected chi connectivity index (χ2v) is 4.91. The minimum absolute atomic E-state index is 0.0467. The minimum Gasteiger partial charge on any atom is -0.478 e. The van der Waals surface area contributed by atoms with Crippen LogP contribution in [0.15, 0.2) is 31.1 Å². The summed E-state index contributed by atoms with van der Waals surface area (Å²) in [5, 5.41) is 17.8. The molecular weight excluding hydrogens is 436 g/mol. The molecule has 0 heterocycles. The Morgan fingerprint density at radius 1 is 0.594 bits per heavy atom. The summed E-state index contributed by atoms with van der Waals surface area (Å²) in [6.07, 6.45) is 3.70. The zero-order valence-electron chi connectivity index (χ0n) is 16.5. The van der Waals surface area contributed by atoms with Gasteiger partial charge in [-0.2, -0.15) is 0 Å². The molecule has 0 aliphatic carbocycles. The third-order valence-electron chi connectivity index (χ3n) is 2.93. The molecule has 0 aromatic heterocycles. The van der Waals surface area contributed by atoms with Crippen molar-refractivity contribution >= 4 is 42.4 Å². The van der Waals surface area contributed by atoms with E-state index in [4.69, 9.17) is 10.2 Å². The first-order chi connectivity index (χ1) is 15.3. The average molecular weight is 454 g/mol. The molecule has 0 rings (SSSR count). The molecule has 15 heteroatoms. The molecule has 0 saturated carbocycles. The lowest BCUT2D eigenvalue weighted by Crippen LogP contribution is -2.13. The van der Waals surface area contributed by atoms with Gasteiger partial charge in [0.2, 0.25) is 24.3 Å². The first-order valence-corrected chi connectivity index (χ1v) is 8.48. The fourth-order valence-electron chi connectivity index (χ4n) is 1.68. The van der Waals surface area contributed by atoms with E-state index in [0.29, 0.717) is 0 Å². The van der Waals surface area contributed by atoms with Crippen LogP contribution in [-0.4, -0.2) is 92.0 Å². The van der Waals surface area contributed by atoms with Crippen LogP contribution in [0.5, 0.6) is 0 Å². The molecule has 0 saturated heterocycles. The number of carboxylic acids is 2. The molecule has 0 bridgehead atoms. The Hall–Kier alpha value is -4.53. The summed E-state index contributed by atoms with van der Waals surface area (Å²) < 4.78 is 8.90. The third-order valence-corrected chi connectivity index (χ3v) is 2.93. The standard InChI is InChI=1S/C10H10N2O6.C7H8N2O5/c13-5-11-3-1-7(9(15)16)8(10(17)18)2-4-12-6-14;10-5-8-1-3-13-7(12)14-4-2-9-6-11/h1-4H2,(H,15,16)(H,17,18);1-4H2/b8-7+;. The number of carboxylic acid groups (broad SMARTS) is 2.